The number of carbonyl (C=O) groups excluding carboxylic acids is 1. The third-order valence-electron chi connectivity index (χ3n) is 3.17. The van der Waals surface area contributed by atoms with Crippen molar-refractivity contribution in [2.45, 2.75) is 46.6 Å². The molecule has 0 aromatic carbocycles. The van der Waals surface area contributed by atoms with Gasteiger partial charge in [-0.25, -0.2) is 0 Å². The van der Waals surface area contributed by atoms with E-state index in [9.17, 15) is 4.79 Å². The lowest BCUT2D eigenvalue weighted by Gasteiger charge is -2.27. The molecule has 0 aromatic heterocycles. The predicted molar refractivity (Wildman–Crippen MR) is 62.5 cm³/mol. The van der Waals surface area contributed by atoms with Crippen LogP contribution in [0.4, 0.5) is 0 Å². The van der Waals surface area contributed by atoms with E-state index < -0.39 is 5.41 Å². The van der Waals surface area contributed by atoms with E-state index in [1.54, 1.807) is 0 Å². The molecule has 16 heavy (non-hydrogen) atoms. The summed E-state index contributed by atoms with van der Waals surface area (Å²) >= 11 is 0. The summed E-state index contributed by atoms with van der Waals surface area (Å²) in [7, 11) is 0. The van der Waals surface area contributed by atoms with Gasteiger partial charge in [-0.05, 0) is 18.8 Å². The highest BCUT2D eigenvalue weighted by atomic mass is 16.3. The van der Waals surface area contributed by atoms with Gasteiger partial charge in [0.2, 0.25) is 5.91 Å². The smallest absolute Gasteiger partial charge is 0.240 e. The molecule has 0 aromatic rings. The molecule has 0 rings (SSSR count). The standard InChI is InChI=1S/C12H22N2O2/c1-5-12(6-2,8-13)11(16)14-10(7-15)9(3)4/h9-10,15H,5-7H2,1-4H3,(H,14,16)/t10-/m1/s1. The Morgan fingerprint density at radius 3 is 2.19 bits per heavy atom. The summed E-state index contributed by atoms with van der Waals surface area (Å²) in [5.74, 6) is -0.119. The number of rotatable bonds is 6. The second-order valence-electron chi connectivity index (χ2n) is 4.41. The van der Waals surface area contributed by atoms with Gasteiger partial charge >= 0.3 is 0 Å². The Balaban J connectivity index is 4.73. The fourth-order valence-electron chi connectivity index (χ4n) is 1.51. The van der Waals surface area contributed by atoms with Gasteiger partial charge in [0.15, 0.2) is 0 Å². The fraction of sp³-hybridized carbons (Fsp3) is 0.833. The molecule has 4 nitrogen and oxygen atoms in total. The Kier molecular flexibility index (Phi) is 6.05. The van der Waals surface area contributed by atoms with Gasteiger partial charge in [-0.2, -0.15) is 5.26 Å². The minimum Gasteiger partial charge on any atom is -0.394 e. The number of hydrogen-bond acceptors (Lipinski definition) is 3. The van der Waals surface area contributed by atoms with E-state index >= 15 is 0 Å². The largest absolute Gasteiger partial charge is 0.394 e. The van der Waals surface area contributed by atoms with Crippen molar-refractivity contribution in [3.05, 3.63) is 0 Å². The summed E-state index contributed by atoms with van der Waals surface area (Å²) in [6.45, 7) is 7.41. The maximum Gasteiger partial charge on any atom is 0.240 e. The van der Waals surface area contributed by atoms with Crippen LogP contribution in [-0.2, 0) is 4.79 Å². The highest BCUT2D eigenvalue weighted by Gasteiger charge is 2.36. The Morgan fingerprint density at radius 1 is 1.44 bits per heavy atom. The van der Waals surface area contributed by atoms with Crippen LogP contribution in [0, 0.1) is 22.7 Å². The normalized spacial score (nSPS) is 13.3. The quantitative estimate of drug-likeness (QED) is 0.720. The lowest BCUT2D eigenvalue weighted by atomic mass is 9.82. The number of aliphatic hydroxyl groups excluding tert-OH is 1. The van der Waals surface area contributed by atoms with Crippen LogP contribution in [0.2, 0.25) is 0 Å². The van der Waals surface area contributed by atoms with E-state index in [0.717, 1.165) is 0 Å². The Morgan fingerprint density at radius 2 is 1.94 bits per heavy atom. The van der Waals surface area contributed by atoms with Crippen molar-refractivity contribution in [1.82, 2.24) is 5.32 Å². The number of amides is 1. The first kappa shape index (κ1) is 14.9. The average molecular weight is 226 g/mol. The summed E-state index contributed by atoms with van der Waals surface area (Å²) in [4.78, 5) is 12.0. The summed E-state index contributed by atoms with van der Waals surface area (Å²) in [5.41, 5.74) is -0.956. The number of hydrogen-bond donors (Lipinski definition) is 2. The van der Waals surface area contributed by atoms with Gasteiger partial charge in [-0.1, -0.05) is 27.7 Å². The third-order valence-corrected chi connectivity index (χ3v) is 3.17. The zero-order valence-electron chi connectivity index (χ0n) is 10.6. The molecule has 0 aliphatic rings. The summed E-state index contributed by atoms with van der Waals surface area (Å²) in [5, 5.41) is 21.0. The first-order valence-electron chi connectivity index (χ1n) is 5.80. The van der Waals surface area contributed by atoms with Crippen molar-refractivity contribution in [2.24, 2.45) is 11.3 Å². The van der Waals surface area contributed by atoms with Crippen LogP contribution in [0.15, 0.2) is 0 Å². The van der Waals surface area contributed by atoms with Gasteiger partial charge in [-0.15, -0.1) is 0 Å². The second-order valence-corrected chi connectivity index (χ2v) is 4.41. The molecule has 0 aliphatic carbocycles. The van der Waals surface area contributed by atoms with E-state index in [1.165, 1.54) is 0 Å². The van der Waals surface area contributed by atoms with Gasteiger partial charge in [0.25, 0.3) is 0 Å². The number of aliphatic hydroxyl groups is 1. The van der Waals surface area contributed by atoms with Crippen LogP contribution in [0.3, 0.4) is 0 Å². The lowest BCUT2D eigenvalue weighted by molar-refractivity contribution is -0.130. The van der Waals surface area contributed by atoms with Crippen molar-refractivity contribution < 1.29 is 9.90 Å². The summed E-state index contributed by atoms with van der Waals surface area (Å²) < 4.78 is 0. The van der Waals surface area contributed by atoms with Gasteiger partial charge in [0.05, 0.1) is 18.7 Å². The Bertz CT molecular complexity index is 265. The molecule has 4 heteroatoms. The third kappa shape index (κ3) is 3.21. The van der Waals surface area contributed by atoms with Crippen LogP contribution in [0.1, 0.15) is 40.5 Å². The first-order chi connectivity index (χ1) is 7.47. The number of nitriles is 1. The van der Waals surface area contributed by atoms with Crippen LogP contribution in [-0.4, -0.2) is 23.7 Å². The monoisotopic (exact) mass is 226 g/mol. The van der Waals surface area contributed by atoms with E-state index in [0.29, 0.717) is 12.8 Å². The Hall–Kier alpha value is -1.08. The average Bonchev–Trinajstić information content (AvgIpc) is 2.28. The minimum absolute atomic E-state index is 0.0989. The lowest BCUT2D eigenvalue weighted by Crippen LogP contribution is -2.48. The number of carbonyl (C=O) groups is 1. The Labute approximate surface area is 97.7 Å². The van der Waals surface area contributed by atoms with Crippen molar-refractivity contribution in [2.75, 3.05) is 6.61 Å². The minimum atomic E-state index is -0.956. The number of nitrogens with one attached hydrogen (secondary N) is 1. The molecule has 1 atom stereocenters. The molecule has 0 saturated carbocycles. The van der Waals surface area contributed by atoms with Crippen LogP contribution in [0.25, 0.3) is 0 Å². The second kappa shape index (κ2) is 6.49. The van der Waals surface area contributed by atoms with Crippen molar-refractivity contribution in [1.29, 1.82) is 5.26 Å². The van der Waals surface area contributed by atoms with E-state index in [-0.39, 0.29) is 24.5 Å². The van der Waals surface area contributed by atoms with Gasteiger partial charge in [-0.3, -0.25) is 4.79 Å². The molecule has 0 heterocycles. The molecule has 1 amide bonds. The van der Waals surface area contributed by atoms with Crippen LogP contribution >= 0.6 is 0 Å². The maximum absolute atomic E-state index is 12.0. The molecule has 0 aliphatic heterocycles. The molecular formula is C12H22N2O2. The highest BCUT2D eigenvalue weighted by Crippen LogP contribution is 2.25. The topological polar surface area (TPSA) is 73.1 Å². The molecule has 0 saturated heterocycles. The molecule has 92 valence electrons. The first-order valence-corrected chi connectivity index (χ1v) is 5.80. The van der Waals surface area contributed by atoms with Gasteiger partial charge in [0.1, 0.15) is 5.41 Å². The van der Waals surface area contributed by atoms with Crippen LogP contribution in [0.5, 0.6) is 0 Å². The maximum atomic E-state index is 12.0. The molecular weight excluding hydrogens is 204 g/mol. The van der Waals surface area contributed by atoms with Crippen molar-refractivity contribution >= 4 is 5.91 Å². The van der Waals surface area contributed by atoms with E-state index in [4.69, 9.17) is 10.4 Å². The van der Waals surface area contributed by atoms with Crippen LogP contribution < -0.4 is 5.32 Å². The SMILES string of the molecule is CCC(C#N)(CC)C(=O)N[C@H](CO)C(C)C. The highest BCUT2D eigenvalue weighted by molar-refractivity contribution is 5.85. The fourth-order valence-corrected chi connectivity index (χ4v) is 1.51. The number of nitrogens with zero attached hydrogens (tertiary/aromatic N) is 1. The zero-order chi connectivity index (χ0) is 12.8. The summed E-state index contributed by atoms with van der Waals surface area (Å²) in [6.07, 6.45) is 0.976. The molecule has 0 unspecified atom stereocenters. The summed E-state index contributed by atoms with van der Waals surface area (Å²) in [6, 6.07) is 1.81. The van der Waals surface area contributed by atoms with Crippen molar-refractivity contribution in [3.8, 4) is 6.07 Å². The van der Waals surface area contributed by atoms with Crippen molar-refractivity contribution in [3.63, 3.8) is 0 Å². The molecule has 0 spiro atoms. The van der Waals surface area contributed by atoms with E-state index in [1.807, 2.05) is 27.7 Å². The molecule has 0 fully saturated rings. The van der Waals surface area contributed by atoms with Gasteiger partial charge in [0, 0.05) is 0 Å². The molecule has 0 radical (unpaired) electrons. The predicted octanol–water partition coefficient (Wildman–Crippen LogP) is 1.45. The van der Waals surface area contributed by atoms with E-state index in [2.05, 4.69) is 11.4 Å². The molecule has 2 N–H and O–H groups in total. The zero-order valence-corrected chi connectivity index (χ0v) is 10.6. The van der Waals surface area contributed by atoms with Gasteiger partial charge < -0.3 is 10.4 Å². The molecule has 0 bridgehead atoms.